The number of anilines is 1. The van der Waals surface area contributed by atoms with E-state index in [4.69, 9.17) is 5.73 Å². The third-order valence-electron chi connectivity index (χ3n) is 2.90. The van der Waals surface area contributed by atoms with Gasteiger partial charge in [-0.15, -0.1) is 0 Å². The van der Waals surface area contributed by atoms with Gasteiger partial charge in [-0.3, -0.25) is 4.79 Å². The van der Waals surface area contributed by atoms with E-state index in [1.54, 1.807) is 6.20 Å². The molecule has 1 aromatic heterocycles. The number of carbonyl (C=O) groups excluding carboxylic acids is 1. The fourth-order valence-electron chi connectivity index (χ4n) is 1.73. The van der Waals surface area contributed by atoms with Gasteiger partial charge in [-0.25, -0.2) is 9.97 Å². The molecule has 0 spiro atoms. The molecule has 2 aromatic rings. The lowest BCUT2D eigenvalue weighted by atomic mass is 10.1. The van der Waals surface area contributed by atoms with Crippen LogP contribution in [0.3, 0.4) is 0 Å². The first-order valence-corrected chi connectivity index (χ1v) is 6.09. The Morgan fingerprint density at radius 2 is 2.00 bits per heavy atom. The number of nitrogens with zero attached hydrogens (tertiary/aromatic N) is 2. The molecule has 1 aromatic carbocycles. The van der Waals surface area contributed by atoms with Crippen molar-refractivity contribution in [1.82, 2.24) is 15.3 Å². The number of aromatic nitrogens is 2. The number of nitrogens with two attached hydrogens (primary N) is 1. The second-order valence-corrected chi connectivity index (χ2v) is 4.12. The lowest BCUT2D eigenvalue weighted by Gasteiger charge is -2.06. The molecule has 0 saturated carbocycles. The molecule has 0 saturated heterocycles. The van der Waals surface area contributed by atoms with Gasteiger partial charge in [0.1, 0.15) is 0 Å². The smallest absolute Gasteiger partial charge is 0.273 e. The number of benzene rings is 1. The molecule has 1 heterocycles. The Kier molecular flexibility index (Phi) is 3.75. The summed E-state index contributed by atoms with van der Waals surface area (Å²) in [4.78, 5) is 19.9. The Hall–Kier alpha value is -2.43. The van der Waals surface area contributed by atoms with E-state index in [9.17, 15) is 4.79 Å². The van der Waals surface area contributed by atoms with Crippen LogP contribution in [-0.2, 0) is 6.42 Å². The zero-order valence-corrected chi connectivity index (χ0v) is 11.0. The normalized spacial score (nSPS) is 10.2. The quantitative estimate of drug-likeness (QED) is 0.875. The first-order valence-electron chi connectivity index (χ1n) is 6.09. The zero-order chi connectivity index (χ0) is 13.8. The molecule has 0 aliphatic heterocycles. The van der Waals surface area contributed by atoms with Crippen molar-refractivity contribution in [3.05, 3.63) is 41.7 Å². The molecule has 0 radical (unpaired) electrons. The molecule has 1 amide bonds. The van der Waals surface area contributed by atoms with Crippen LogP contribution in [0.15, 0.2) is 30.5 Å². The summed E-state index contributed by atoms with van der Waals surface area (Å²) >= 11 is 0. The second-order valence-electron chi connectivity index (χ2n) is 4.12. The van der Waals surface area contributed by atoms with Gasteiger partial charge in [-0.1, -0.05) is 31.2 Å². The maximum atomic E-state index is 11.6. The van der Waals surface area contributed by atoms with Gasteiger partial charge in [-0.05, 0) is 12.0 Å². The number of hydrogen-bond acceptors (Lipinski definition) is 4. The summed E-state index contributed by atoms with van der Waals surface area (Å²) in [5.41, 5.74) is 8.60. The lowest BCUT2D eigenvalue weighted by molar-refractivity contribution is 0.0959. The van der Waals surface area contributed by atoms with Crippen LogP contribution in [0.4, 0.5) is 5.82 Å². The summed E-state index contributed by atoms with van der Waals surface area (Å²) in [6, 6.07) is 8.00. The van der Waals surface area contributed by atoms with Crippen molar-refractivity contribution >= 4 is 11.7 Å². The Labute approximate surface area is 111 Å². The summed E-state index contributed by atoms with van der Waals surface area (Å²) in [6.45, 7) is 2.10. The molecule has 0 bridgehead atoms. The van der Waals surface area contributed by atoms with Gasteiger partial charge >= 0.3 is 0 Å². The molecule has 5 nitrogen and oxygen atoms in total. The SMILES string of the molecule is CCc1ccc(-c2cnc(N)c(C(=O)NC)n2)cc1. The predicted molar refractivity (Wildman–Crippen MR) is 74.6 cm³/mol. The van der Waals surface area contributed by atoms with Crippen LogP contribution in [0.1, 0.15) is 23.0 Å². The molecule has 19 heavy (non-hydrogen) atoms. The van der Waals surface area contributed by atoms with Gasteiger partial charge in [0.2, 0.25) is 0 Å². The summed E-state index contributed by atoms with van der Waals surface area (Å²) < 4.78 is 0. The molecular formula is C14H16N4O. The van der Waals surface area contributed by atoms with Crippen molar-refractivity contribution in [3.8, 4) is 11.3 Å². The average Bonchev–Trinajstić information content (AvgIpc) is 2.47. The molecular weight excluding hydrogens is 240 g/mol. The fraction of sp³-hybridized carbons (Fsp3) is 0.214. The zero-order valence-electron chi connectivity index (χ0n) is 11.0. The van der Waals surface area contributed by atoms with E-state index in [-0.39, 0.29) is 17.4 Å². The number of aryl methyl sites for hydroxylation is 1. The van der Waals surface area contributed by atoms with Gasteiger partial charge in [0.25, 0.3) is 5.91 Å². The Morgan fingerprint density at radius 3 is 2.58 bits per heavy atom. The second kappa shape index (κ2) is 5.48. The molecule has 0 unspecified atom stereocenters. The monoisotopic (exact) mass is 256 g/mol. The summed E-state index contributed by atoms with van der Waals surface area (Å²) in [6.07, 6.45) is 2.56. The molecule has 0 atom stereocenters. The Balaban J connectivity index is 2.42. The molecule has 0 aliphatic rings. The third kappa shape index (κ3) is 2.70. The van der Waals surface area contributed by atoms with Crippen LogP contribution in [0, 0.1) is 0 Å². The maximum absolute atomic E-state index is 11.6. The van der Waals surface area contributed by atoms with E-state index >= 15 is 0 Å². The number of nitrogens with one attached hydrogen (secondary N) is 1. The maximum Gasteiger partial charge on any atom is 0.273 e. The molecule has 0 fully saturated rings. The minimum Gasteiger partial charge on any atom is -0.382 e. The molecule has 0 aliphatic carbocycles. The summed E-state index contributed by atoms with van der Waals surface area (Å²) in [7, 11) is 1.53. The fourth-order valence-corrected chi connectivity index (χ4v) is 1.73. The summed E-state index contributed by atoms with van der Waals surface area (Å²) in [5, 5.41) is 2.50. The predicted octanol–water partition coefficient (Wildman–Crippen LogP) is 1.65. The lowest BCUT2D eigenvalue weighted by Crippen LogP contribution is -2.21. The van der Waals surface area contributed by atoms with Gasteiger partial charge < -0.3 is 11.1 Å². The highest BCUT2D eigenvalue weighted by Gasteiger charge is 2.12. The third-order valence-corrected chi connectivity index (χ3v) is 2.90. The number of carbonyl (C=O) groups is 1. The van der Waals surface area contributed by atoms with Crippen LogP contribution in [-0.4, -0.2) is 22.9 Å². The number of nitrogen functional groups attached to an aromatic ring is 1. The summed E-state index contributed by atoms with van der Waals surface area (Å²) in [5.74, 6) is -0.203. The molecule has 3 N–H and O–H groups in total. The van der Waals surface area contributed by atoms with E-state index in [1.165, 1.54) is 12.6 Å². The van der Waals surface area contributed by atoms with E-state index < -0.39 is 0 Å². The van der Waals surface area contributed by atoms with Gasteiger partial charge in [0.15, 0.2) is 11.5 Å². The molecule has 5 heteroatoms. The molecule has 98 valence electrons. The highest BCUT2D eigenvalue weighted by Crippen LogP contribution is 2.19. The van der Waals surface area contributed by atoms with Crippen molar-refractivity contribution in [2.75, 3.05) is 12.8 Å². The van der Waals surface area contributed by atoms with E-state index in [2.05, 4.69) is 22.2 Å². The first kappa shape index (κ1) is 13.0. The standard InChI is InChI=1S/C14H16N4O/c1-3-9-4-6-10(7-5-9)11-8-17-13(15)12(18-11)14(19)16-2/h4-8H,3H2,1-2H3,(H2,15,17)(H,16,19). The van der Waals surface area contributed by atoms with E-state index in [1.807, 2.05) is 24.3 Å². The first-order chi connectivity index (χ1) is 9.15. The van der Waals surface area contributed by atoms with Crippen molar-refractivity contribution in [1.29, 1.82) is 0 Å². The van der Waals surface area contributed by atoms with Crippen molar-refractivity contribution < 1.29 is 4.79 Å². The van der Waals surface area contributed by atoms with Gasteiger partial charge in [-0.2, -0.15) is 0 Å². The highest BCUT2D eigenvalue weighted by atomic mass is 16.1. The van der Waals surface area contributed by atoms with Crippen molar-refractivity contribution in [3.63, 3.8) is 0 Å². The number of hydrogen-bond donors (Lipinski definition) is 2. The number of amides is 1. The van der Waals surface area contributed by atoms with Crippen LogP contribution >= 0.6 is 0 Å². The Bertz CT molecular complexity index is 593. The minimum atomic E-state index is -0.336. The minimum absolute atomic E-state index is 0.133. The van der Waals surface area contributed by atoms with Gasteiger partial charge in [0, 0.05) is 12.6 Å². The highest BCUT2D eigenvalue weighted by molar-refractivity contribution is 5.96. The van der Waals surface area contributed by atoms with E-state index in [0.29, 0.717) is 5.69 Å². The molecule has 2 rings (SSSR count). The van der Waals surface area contributed by atoms with Crippen LogP contribution in [0.2, 0.25) is 0 Å². The largest absolute Gasteiger partial charge is 0.382 e. The average molecular weight is 256 g/mol. The topological polar surface area (TPSA) is 80.9 Å². The number of rotatable bonds is 3. The van der Waals surface area contributed by atoms with Crippen molar-refractivity contribution in [2.45, 2.75) is 13.3 Å². The van der Waals surface area contributed by atoms with Crippen LogP contribution < -0.4 is 11.1 Å². The van der Waals surface area contributed by atoms with Crippen molar-refractivity contribution in [2.24, 2.45) is 0 Å². The van der Waals surface area contributed by atoms with Crippen LogP contribution in [0.25, 0.3) is 11.3 Å². The van der Waals surface area contributed by atoms with E-state index in [0.717, 1.165) is 12.0 Å². The van der Waals surface area contributed by atoms with Crippen LogP contribution in [0.5, 0.6) is 0 Å². The Morgan fingerprint density at radius 1 is 1.32 bits per heavy atom. The van der Waals surface area contributed by atoms with Gasteiger partial charge in [0.05, 0.1) is 11.9 Å².